The maximum atomic E-state index is 11.8. The van der Waals surface area contributed by atoms with Crippen molar-refractivity contribution < 1.29 is 13.9 Å². The molecule has 1 heterocycles. The Morgan fingerprint density at radius 2 is 2.05 bits per heavy atom. The number of rotatable bonds is 3. The highest BCUT2D eigenvalue weighted by molar-refractivity contribution is 6.30. The van der Waals surface area contributed by atoms with Gasteiger partial charge in [0, 0.05) is 5.02 Å². The van der Waals surface area contributed by atoms with Gasteiger partial charge in [-0.25, -0.2) is 9.78 Å². The summed E-state index contributed by atoms with van der Waals surface area (Å²) in [7, 11) is 0. The number of carbonyl (C=O) groups excluding carboxylic acids is 1. The van der Waals surface area contributed by atoms with Gasteiger partial charge in [-0.05, 0) is 30.3 Å². The monoisotopic (exact) mass is 287 g/mol. The molecule has 0 fully saturated rings. The standard InChI is InChI=1S/C15H10ClNO3/c16-11-5-3-4-10(8-11)15(18)19-9-14-17-12-6-1-2-7-13(12)20-14/h1-8H,9H2. The lowest BCUT2D eigenvalue weighted by atomic mass is 10.2. The lowest BCUT2D eigenvalue weighted by molar-refractivity contribution is 0.0440. The van der Waals surface area contributed by atoms with E-state index >= 15 is 0 Å². The largest absolute Gasteiger partial charge is 0.452 e. The van der Waals surface area contributed by atoms with Crippen LogP contribution in [-0.2, 0) is 11.3 Å². The third kappa shape index (κ3) is 2.65. The second-order valence-electron chi connectivity index (χ2n) is 4.16. The Bertz CT molecular complexity index is 733. The summed E-state index contributed by atoms with van der Waals surface area (Å²) in [4.78, 5) is 16.1. The Kier molecular flexibility index (Phi) is 3.39. The molecule has 0 saturated heterocycles. The first-order valence-corrected chi connectivity index (χ1v) is 6.37. The number of aromatic nitrogens is 1. The van der Waals surface area contributed by atoms with Gasteiger partial charge in [0.1, 0.15) is 5.52 Å². The molecular weight excluding hydrogens is 278 g/mol. The molecule has 20 heavy (non-hydrogen) atoms. The molecule has 0 bridgehead atoms. The minimum atomic E-state index is -0.463. The molecule has 0 N–H and O–H groups in total. The Labute approximate surface area is 119 Å². The molecule has 2 aromatic carbocycles. The SMILES string of the molecule is O=C(OCc1nc2ccccc2o1)c1cccc(Cl)c1. The van der Waals surface area contributed by atoms with Crippen LogP contribution in [0.15, 0.2) is 52.9 Å². The fourth-order valence-corrected chi connectivity index (χ4v) is 2.00. The van der Waals surface area contributed by atoms with E-state index in [1.165, 1.54) is 0 Å². The fraction of sp³-hybridized carbons (Fsp3) is 0.0667. The second kappa shape index (κ2) is 5.35. The molecule has 1 aromatic heterocycles. The van der Waals surface area contributed by atoms with E-state index in [2.05, 4.69) is 4.98 Å². The normalized spacial score (nSPS) is 10.7. The van der Waals surface area contributed by atoms with Gasteiger partial charge in [0.15, 0.2) is 12.2 Å². The van der Waals surface area contributed by atoms with Crippen molar-refractivity contribution in [1.82, 2.24) is 4.98 Å². The van der Waals surface area contributed by atoms with Gasteiger partial charge in [-0.2, -0.15) is 0 Å². The number of halogens is 1. The van der Waals surface area contributed by atoms with Crippen LogP contribution in [0, 0.1) is 0 Å². The Balaban J connectivity index is 1.71. The van der Waals surface area contributed by atoms with E-state index in [1.54, 1.807) is 24.3 Å². The van der Waals surface area contributed by atoms with E-state index < -0.39 is 5.97 Å². The number of benzene rings is 2. The van der Waals surface area contributed by atoms with Crippen LogP contribution in [0.4, 0.5) is 0 Å². The molecule has 0 atom stereocenters. The van der Waals surface area contributed by atoms with Crippen LogP contribution in [0.25, 0.3) is 11.1 Å². The van der Waals surface area contributed by atoms with Crippen molar-refractivity contribution in [2.24, 2.45) is 0 Å². The van der Waals surface area contributed by atoms with Crippen molar-refractivity contribution in [2.45, 2.75) is 6.61 Å². The zero-order valence-electron chi connectivity index (χ0n) is 10.4. The van der Waals surface area contributed by atoms with Crippen molar-refractivity contribution in [2.75, 3.05) is 0 Å². The molecule has 100 valence electrons. The molecule has 0 unspecified atom stereocenters. The first-order chi connectivity index (χ1) is 9.72. The fourth-order valence-electron chi connectivity index (χ4n) is 1.81. The Morgan fingerprint density at radius 3 is 2.85 bits per heavy atom. The summed E-state index contributed by atoms with van der Waals surface area (Å²) >= 11 is 5.82. The number of fused-ring (bicyclic) bond motifs is 1. The first kappa shape index (κ1) is 12.7. The van der Waals surface area contributed by atoms with E-state index in [4.69, 9.17) is 20.8 Å². The number of oxazole rings is 1. The molecule has 0 aliphatic carbocycles. The van der Waals surface area contributed by atoms with Gasteiger partial charge in [-0.3, -0.25) is 0 Å². The number of carbonyl (C=O) groups is 1. The van der Waals surface area contributed by atoms with E-state index in [0.717, 1.165) is 5.52 Å². The first-order valence-electron chi connectivity index (χ1n) is 5.99. The van der Waals surface area contributed by atoms with Crippen molar-refractivity contribution in [3.8, 4) is 0 Å². The zero-order valence-corrected chi connectivity index (χ0v) is 11.1. The molecule has 0 aliphatic rings. The minimum Gasteiger partial charge on any atom is -0.452 e. The summed E-state index contributed by atoms with van der Waals surface area (Å²) in [5.74, 6) is -0.101. The average molecular weight is 288 g/mol. The quantitative estimate of drug-likeness (QED) is 0.687. The van der Waals surface area contributed by atoms with Crippen LogP contribution >= 0.6 is 11.6 Å². The van der Waals surface area contributed by atoms with Crippen LogP contribution in [0.5, 0.6) is 0 Å². The van der Waals surface area contributed by atoms with Crippen LogP contribution in [0.2, 0.25) is 5.02 Å². The lowest BCUT2D eigenvalue weighted by Gasteiger charge is -2.02. The molecule has 5 heteroatoms. The zero-order chi connectivity index (χ0) is 13.9. The number of nitrogens with zero attached hydrogens (tertiary/aromatic N) is 1. The molecule has 3 rings (SSSR count). The molecule has 3 aromatic rings. The number of hydrogen-bond donors (Lipinski definition) is 0. The van der Waals surface area contributed by atoms with Gasteiger partial charge < -0.3 is 9.15 Å². The summed E-state index contributed by atoms with van der Waals surface area (Å²) < 4.78 is 10.6. The topological polar surface area (TPSA) is 52.3 Å². The van der Waals surface area contributed by atoms with Crippen LogP contribution in [-0.4, -0.2) is 11.0 Å². The molecule has 0 aliphatic heterocycles. The van der Waals surface area contributed by atoms with Gasteiger partial charge in [0.2, 0.25) is 5.89 Å². The molecule has 0 amide bonds. The van der Waals surface area contributed by atoms with E-state index in [9.17, 15) is 4.79 Å². The molecule has 0 saturated carbocycles. The van der Waals surface area contributed by atoms with Gasteiger partial charge in [-0.1, -0.05) is 29.8 Å². The third-order valence-electron chi connectivity index (χ3n) is 2.73. The van der Waals surface area contributed by atoms with Crippen molar-refractivity contribution in [3.05, 3.63) is 65.0 Å². The number of para-hydroxylation sites is 2. The van der Waals surface area contributed by atoms with Gasteiger partial charge in [-0.15, -0.1) is 0 Å². The highest BCUT2D eigenvalue weighted by Crippen LogP contribution is 2.16. The average Bonchev–Trinajstić information content (AvgIpc) is 2.87. The summed E-state index contributed by atoms with van der Waals surface area (Å²) in [6.07, 6.45) is 0. The van der Waals surface area contributed by atoms with Crippen molar-refractivity contribution in [1.29, 1.82) is 0 Å². The maximum absolute atomic E-state index is 11.8. The smallest absolute Gasteiger partial charge is 0.338 e. The van der Waals surface area contributed by atoms with Crippen LogP contribution in [0.1, 0.15) is 16.2 Å². The highest BCUT2D eigenvalue weighted by atomic mass is 35.5. The number of esters is 1. The van der Waals surface area contributed by atoms with Crippen LogP contribution in [0.3, 0.4) is 0 Å². The number of ether oxygens (including phenoxy) is 1. The molecule has 4 nitrogen and oxygen atoms in total. The van der Waals surface area contributed by atoms with E-state index in [-0.39, 0.29) is 6.61 Å². The molecular formula is C15H10ClNO3. The van der Waals surface area contributed by atoms with E-state index in [0.29, 0.717) is 22.1 Å². The van der Waals surface area contributed by atoms with E-state index in [1.807, 2.05) is 24.3 Å². The maximum Gasteiger partial charge on any atom is 0.338 e. The highest BCUT2D eigenvalue weighted by Gasteiger charge is 2.11. The van der Waals surface area contributed by atoms with Gasteiger partial charge >= 0.3 is 5.97 Å². The molecule has 0 spiro atoms. The summed E-state index contributed by atoms with van der Waals surface area (Å²) in [6.45, 7) is -0.0139. The van der Waals surface area contributed by atoms with Gasteiger partial charge in [0.05, 0.1) is 5.56 Å². The summed E-state index contributed by atoms with van der Waals surface area (Å²) in [6, 6.07) is 13.9. The summed E-state index contributed by atoms with van der Waals surface area (Å²) in [5, 5.41) is 0.487. The van der Waals surface area contributed by atoms with Crippen LogP contribution < -0.4 is 0 Å². The Hall–Kier alpha value is -2.33. The van der Waals surface area contributed by atoms with Crippen molar-refractivity contribution in [3.63, 3.8) is 0 Å². The lowest BCUT2D eigenvalue weighted by Crippen LogP contribution is -2.05. The third-order valence-corrected chi connectivity index (χ3v) is 2.96. The second-order valence-corrected chi connectivity index (χ2v) is 4.60. The summed E-state index contributed by atoms with van der Waals surface area (Å²) in [5.41, 5.74) is 1.80. The predicted octanol–water partition coefficient (Wildman–Crippen LogP) is 3.84. The number of hydrogen-bond acceptors (Lipinski definition) is 4. The van der Waals surface area contributed by atoms with Gasteiger partial charge in [0.25, 0.3) is 0 Å². The van der Waals surface area contributed by atoms with Crippen molar-refractivity contribution >= 4 is 28.7 Å². The minimum absolute atomic E-state index is 0.0139. The molecule has 0 radical (unpaired) electrons. The Morgan fingerprint density at radius 1 is 1.20 bits per heavy atom. The predicted molar refractivity (Wildman–Crippen MR) is 74.6 cm³/mol.